The summed E-state index contributed by atoms with van der Waals surface area (Å²) in [6.07, 6.45) is 5.28. The van der Waals surface area contributed by atoms with Gasteiger partial charge in [-0.2, -0.15) is 0 Å². The Bertz CT molecular complexity index is 524. The number of carbonyl (C=O) groups is 1. The first-order chi connectivity index (χ1) is 9.52. The molecule has 0 radical (unpaired) electrons. The van der Waals surface area contributed by atoms with Crippen LogP contribution in [0, 0.1) is 5.82 Å². The zero-order valence-electron chi connectivity index (χ0n) is 11.4. The van der Waals surface area contributed by atoms with E-state index < -0.39 is 11.4 Å². The highest BCUT2D eigenvalue weighted by molar-refractivity contribution is 5.91. The first-order valence-electron chi connectivity index (χ1n) is 6.54. The summed E-state index contributed by atoms with van der Waals surface area (Å²) in [7, 11) is 1.40. The lowest BCUT2D eigenvalue weighted by Gasteiger charge is -2.36. The molecule has 0 atom stereocenters. The second kappa shape index (κ2) is 6.05. The molecule has 1 saturated carbocycles. The van der Waals surface area contributed by atoms with Gasteiger partial charge in [0.05, 0.1) is 12.7 Å². The van der Waals surface area contributed by atoms with Gasteiger partial charge >= 0.3 is 0 Å². The van der Waals surface area contributed by atoms with Gasteiger partial charge in [-0.3, -0.25) is 4.79 Å². The Balaban J connectivity index is 1.88. The van der Waals surface area contributed by atoms with Gasteiger partial charge in [0.1, 0.15) is 0 Å². The minimum atomic E-state index is -0.740. The van der Waals surface area contributed by atoms with Crippen molar-refractivity contribution in [3.05, 3.63) is 35.7 Å². The van der Waals surface area contributed by atoms with E-state index in [0.29, 0.717) is 5.56 Å². The first-order valence-corrected chi connectivity index (χ1v) is 6.54. The molecular weight excluding hydrogens is 261 g/mol. The van der Waals surface area contributed by atoms with E-state index in [1.807, 2.05) is 0 Å². The van der Waals surface area contributed by atoms with E-state index in [9.17, 15) is 14.3 Å². The Hall–Kier alpha value is -1.88. The van der Waals surface area contributed by atoms with E-state index in [1.54, 1.807) is 6.07 Å². The Kier molecular flexibility index (Phi) is 4.39. The predicted octanol–water partition coefficient (Wildman–Crippen LogP) is 1.88. The highest BCUT2D eigenvalue weighted by Crippen LogP contribution is 2.30. The van der Waals surface area contributed by atoms with Gasteiger partial charge in [-0.25, -0.2) is 4.39 Å². The molecule has 20 heavy (non-hydrogen) atoms. The van der Waals surface area contributed by atoms with Crippen LogP contribution in [-0.2, 0) is 4.79 Å². The van der Waals surface area contributed by atoms with Gasteiger partial charge < -0.3 is 15.2 Å². The molecule has 0 aromatic heterocycles. The van der Waals surface area contributed by atoms with Gasteiger partial charge in [-0.05, 0) is 43.0 Å². The van der Waals surface area contributed by atoms with Gasteiger partial charge in [0, 0.05) is 12.6 Å². The highest BCUT2D eigenvalue weighted by Gasteiger charge is 2.34. The number of benzene rings is 1. The Morgan fingerprint density at radius 1 is 1.55 bits per heavy atom. The van der Waals surface area contributed by atoms with E-state index in [1.165, 1.54) is 31.4 Å². The van der Waals surface area contributed by atoms with E-state index >= 15 is 0 Å². The van der Waals surface area contributed by atoms with Crippen LogP contribution >= 0.6 is 0 Å². The van der Waals surface area contributed by atoms with E-state index in [-0.39, 0.29) is 18.2 Å². The molecule has 1 aromatic rings. The zero-order chi connectivity index (χ0) is 14.6. The van der Waals surface area contributed by atoms with Crippen LogP contribution in [-0.4, -0.2) is 30.3 Å². The van der Waals surface area contributed by atoms with Gasteiger partial charge in [-0.1, -0.05) is 6.07 Å². The fourth-order valence-electron chi connectivity index (χ4n) is 2.03. The maximum absolute atomic E-state index is 13.4. The number of nitrogens with one attached hydrogen (secondary N) is 1. The molecule has 0 heterocycles. The van der Waals surface area contributed by atoms with E-state index in [0.717, 1.165) is 19.3 Å². The minimum Gasteiger partial charge on any atom is -0.494 e. The van der Waals surface area contributed by atoms with Crippen molar-refractivity contribution in [3.8, 4) is 5.75 Å². The summed E-state index contributed by atoms with van der Waals surface area (Å²) in [4.78, 5) is 11.6. The van der Waals surface area contributed by atoms with Gasteiger partial charge in [0.2, 0.25) is 5.91 Å². The number of ether oxygens (including phenoxy) is 1. The average molecular weight is 279 g/mol. The lowest BCUT2D eigenvalue weighted by atomic mass is 9.80. The lowest BCUT2D eigenvalue weighted by Crippen LogP contribution is -2.47. The molecule has 0 unspecified atom stereocenters. The number of amides is 1. The summed E-state index contributed by atoms with van der Waals surface area (Å²) in [6.45, 7) is 0.257. The average Bonchev–Trinajstić information content (AvgIpc) is 2.41. The van der Waals surface area contributed by atoms with Crippen molar-refractivity contribution in [2.75, 3.05) is 13.7 Å². The third-order valence-corrected chi connectivity index (χ3v) is 3.48. The summed E-state index contributed by atoms with van der Waals surface area (Å²) in [5.41, 5.74) is -0.170. The molecule has 108 valence electrons. The smallest absolute Gasteiger partial charge is 0.244 e. The molecule has 1 aliphatic rings. The second-order valence-corrected chi connectivity index (χ2v) is 5.02. The van der Waals surface area contributed by atoms with Crippen molar-refractivity contribution >= 4 is 12.0 Å². The van der Waals surface area contributed by atoms with Crippen LogP contribution < -0.4 is 10.1 Å². The number of carbonyl (C=O) groups excluding carboxylic acids is 1. The van der Waals surface area contributed by atoms with E-state index in [4.69, 9.17) is 4.74 Å². The molecule has 0 bridgehead atoms. The summed E-state index contributed by atoms with van der Waals surface area (Å²) < 4.78 is 18.3. The minimum absolute atomic E-state index is 0.166. The molecule has 0 spiro atoms. The number of rotatable bonds is 5. The molecule has 1 aliphatic carbocycles. The number of hydrogen-bond acceptors (Lipinski definition) is 3. The number of aliphatic hydroxyl groups is 1. The van der Waals surface area contributed by atoms with Crippen LogP contribution in [0.5, 0.6) is 5.75 Å². The fraction of sp³-hybridized carbons (Fsp3) is 0.400. The third kappa shape index (κ3) is 3.57. The van der Waals surface area contributed by atoms with Crippen molar-refractivity contribution in [2.24, 2.45) is 0 Å². The number of methoxy groups -OCH3 is 1. The standard InChI is InChI=1S/C15H18FNO3/c1-20-13-5-3-11(9-12(13)16)4-6-14(18)17-10-15(19)7-2-8-15/h3-6,9,19H,2,7-8,10H2,1H3,(H,17,18)/b6-4+. The Morgan fingerprint density at radius 2 is 2.30 bits per heavy atom. The number of halogens is 1. The lowest BCUT2D eigenvalue weighted by molar-refractivity contribution is -0.118. The predicted molar refractivity (Wildman–Crippen MR) is 73.8 cm³/mol. The molecule has 5 heteroatoms. The van der Waals surface area contributed by atoms with Gasteiger partial charge in [0.25, 0.3) is 0 Å². The molecule has 4 nitrogen and oxygen atoms in total. The number of hydrogen-bond donors (Lipinski definition) is 2. The molecule has 0 aliphatic heterocycles. The van der Waals surface area contributed by atoms with Crippen molar-refractivity contribution in [1.29, 1.82) is 0 Å². The Labute approximate surface area is 117 Å². The normalized spacial score (nSPS) is 16.8. The summed E-state index contributed by atoms with van der Waals surface area (Å²) >= 11 is 0. The monoisotopic (exact) mass is 279 g/mol. The maximum atomic E-state index is 13.4. The largest absolute Gasteiger partial charge is 0.494 e. The molecule has 2 N–H and O–H groups in total. The topological polar surface area (TPSA) is 58.6 Å². The van der Waals surface area contributed by atoms with Crippen molar-refractivity contribution in [2.45, 2.75) is 24.9 Å². The van der Waals surface area contributed by atoms with Crippen molar-refractivity contribution in [3.63, 3.8) is 0 Å². The van der Waals surface area contributed by atoms with Crippen LogP contribution in [0.2, 0.25) is 0 Å². The molecule has 1 aromatic carbocycles. The van der Waals surface area contributed by atoms with Crippen molar-refractivity contribution < 1.29 is 19.0 Å². The Morgan fingerprint density at radius 3 is 2.85 bits per heavy atom. The fourth-order valence-corrected chi connectivity index (χ4v) is 2.03. The van der Waals surface area contributed by atoms with Crippen LogP contribution in [0.15, 0.2) is 24.3 Å². The molecule has 2 rings (SSSR count). The molecule has 1 fully saturated rings. The molecular formula is C15H18FNO3. The summed E-state index contributed by atoms with van der Waals surface area (Å²) in [6, 6.07) is 4.46. The maximum Gasteiger partial charge on any atom is 0.244 e. The SMILES string of the molecule is COc1ccc(/C=C/C(=O)NCC2(O)CCC2)cc1F. The highest BCUT2D eigenvalue weighted by atomic mass is 19.1. The van der Waals surface area contributed by atoms with Crippen LogP contribution in [0.1, 0.15) is 24.8 Å². The van der Waals surface area contributed by atoms with Crippen LogP contribution in [0.25, 0.3) is 6.08 Å². The van der Waals surface area contributed by atoms with Gasteiger partial charge in [0.15, 0.2) is 11.6 Å². The third-order valence-electron chi connectivity index (χ3n) is 3.48. The first kappa shape index (κ1) is 14.5. The quantitative estimate of drug-likeness (QED) is 0.809. The van der Waals surface area contributed by atoms with Crippen LogP contribution in [0.4, 0.5) is 4.39 Å². The summed E-state index contributed by atoms with van der Waals surface area (Å²) in [5, 5.41) is 12.5. The van der Waals surface area contributed by atoms with Crippen molar-refractivity contribution in [1.82, 2.24) is 5.32 Å². The van der Waals surface area contributed by atoms with Gasteiger partial charge in [-0.15, -0.1) is 0 Å². The molecule has 0 saturated heterocycles. The van der Waals surface area contributed by atoms with E-state index in [2.05, 4.69) is 5.32 Å². The van der Waals surface area contributed by atoms with Crippen LogP contribution in [0.3, 0.4) is 0 Å². The zero-order valence-corrected chi connectivity index (χ0v) is 11.4. The second-order valence-electron chi connectivity index (χ2n) is 5.02. The summed E-state index contributed by atoms with van der Waals surface area (Å²) in [5.74, 6) is -0.612. The molecule has 1 amide bonds.